The Labute approximate surface area is 274 Å². The number of urea groups is 2. The molecule has 5 N–H and O–H groups in total. The van der Waals surface area contributed by atoms with Gasteiger partial charge in [-0.05, 0) is 36.4 Å². The number of carbonyl (C=O) groups excluding carboxylic acids is 2. The molecule has 0 atom stereocenters. The number of nitrogens with one attached hydrogen (secondary N) is 5. The SMILES string of the molecule is C.C.CNC(=O)N(C)c1ccc2c(c1)N(Cc1c[nH]c(=O)[nH]1)CCO2.CNC(=O)N(C)c1ccc2c(c1)N(Cc1cnc[nH]1)CCO2. The van der Waals surface area contributed by atoms with E-state index in [0.29, 0.717) is 26.3 Å². The number of anilines is 4. The zero-order valence-corrected chi connectivity index (χ0v) is 25.7. The molecule has 0 bridgehead atoms. The van der Waals surface area contributed by atoms with Gasteiger partial charge >= 0.3 is 17.8 Å². The van der Waals surface area contributed by atoms with Gasteiger partial charge < -0.3 is 44.9 Å². The van der Waals surface area contributed by atoms with Crippen LogP contribution in [0.2, 0.25) is 0 Å². The predicted molar refractivity (Wildman–Crippen MR) is 185 cm³/mol. The molecule has 2 aliphatic heterocycles. The number of nitrogens with zero attached hydrogens (tertiary/aromatic N) is 5. The maximum atomic E-state index is 11.8. The van der Waals surface area contributed by atoms with E-state index in [2.05, 4.69) is 40.4 Å². The summed E-state index contributed by atoms with van der Waals surface area (Å²) >= 11 is 0. The van der Waals surface area contributed by atoms with Crippen LogP contribution in [-0.4, -0.2) is 86.5 Å². The normalized spacial score (nSPS) is 12.7. The Balaban J connectivity index is 0.000000245. The zero-order chi connectivity index (χ0) is 31.9. The second kappa shape index (κ2) is 16.1. The van der Waals surface area contributed by atoms with Crippen LogP contribution >= 0.6 is 0 Å². The van der Waals surface area contributed by atoms with Gasteiger partial charge in [-0.1, -0.05) is 14.9 Å². The van der Waals surface area contributed by atoms with Crippen LogP contribution in [0.4, 0.5) is 32.3 Å². The van der Waals surface area contributed by atoms with Crippen molar-refractivity contribution in [3.05, 3.63) is 77.0 Å². The van der Waals surface area contributed by atoms with Gasteiger partial charge in [0, 0.05) is 52.0 Å². The first-order valence-corrected chi connectivity index (χ1v) is 14.5. The number of ether oxygens (including phenoxy) is 2. The average Bonchev–Trinajstić information content (AvgIpc) is 3.74. The van der Waals surface area contributed by atoms with Crippen LogP contribution in [-0.2, 0) is 13.1 Å². The van der Waals surface area contributed by atoms with Crippen LogP contribution in [0.15, 0.2) is 59.9 Å². The number of aromatic amines is 3. The number of aromatic nitrogens is 4. The summed E-state index contributed by atoms with van der Waals surface area (Å²) < 4.78 is 11.4. The molecule has 2 aromatic heterocycles. The van der Waals surface area contributed by atoms with Crippen molar-refractivity contribution in [1.29, 1.82) is 0 Å². The van der Waals surface area contributed by atoms with Crippen molar-refractivity contribution in [2.75, 3.05) is 74.1 Å². The summed E-state index contributed by atoms with van der Waals surface area (Å²) in [4.78, 5) is 54.7. The topological polar surface area (TPSA) is 167 Å². The third-order valence-electron chi connectivity index (χ3n) is 7.54. The minimum atomic E-state index is -0.221. The summed E-state index contributed by atoms with van der Waals surface area (Å²) in [6.45, 7) is 4.00. The number of fused-ring (bicyclic) bond motifs is 2. The van der Waals surface area contributed by atoms with Gasteiger partial charge in [0.15, 0.2) is 0 Å². The molecule has 0 unspecified atom stereocenters. The molecule has 0 spiro atoms. The van der Waals surface area contributed by atoms with E-state index < -0.39 is 0 Å². The molecule has 6 rings (SSSR count). The fourth-order valence-electron chi connectivity index (χ4n) is 5.08. The highest BCUT2D eigenvalue weighted by atomic mass is 16.5. The number of amides is 4. The molecule has 0 saturated carbocycles. The second-order valence-electron chi connectivity index (χ2n) is 10.4. The van der Waals surface area contributed by atoms with Crippen molar-refractivity contribution in [2.24, 2.45) is 0 Å². The van der Waals surface area contributed by atoms with Crippen LogP contribution in [0, 0.1) is 0 Å². The Morgan fingerprint density at radius 3 is 1.77 bits per heavy atom. The first-order valence-electron chi connectivity index (χ1n) is 14.5. The summed E-state index contributed by atoms with van der Waals surface area (Å²) in [5.74, 6) is 1.60. The molecule has 15 nitrogen and oxygen atoms in total. The maximum absolute atomic E-state index is 11.8. The number of rotatable bonds is 6. The van der Waals surface area contributed by atoms with E-state index in [9.17, 15) is 14.4 Å². The van der Waals surface area contributed by atoms with E-state index in [1.807, 2.05) is 42.6 Å². The van der Waals surface area contributed by atoms with E-state index >= 15 is 0 Å². The van der Waals surface area contributed by atoms with Gasteiger partial charge in [-0.25, -0.2) is 19.4 Å². The van der Waals surface area contributed by atoms with E-state index in [4.69, 9.17) is 9.47 Å². The Morgan fingerprint density at radius 2 is 1.34 bits per heavy atom. The smallest absolute Gasteiger partial charge is 0.323 e. The highest BCUT2D eigenvalue weighted by Gasteiger charge is 2.22. The highest BCUT2D eigenvalue weighted by molar-refractivity contribution is 5.93. The Morgan fingerprint density at radius 1 is 0.830 bits per heavy atom. The molecule has 4 amide bonds. The lowest BCUT2D eigenvalue weighted by Crippen LogP contribution is -2.36. The van der Waals surface area contributed by atoms with E-state index in [1.54, 1.807) is 45.6 Å². The summed E-state index contributed by atoms with van der Waals surface area (Å²) in [6.07, 6.45) is 5.15. The fourth-order valence-corrected chi connectivity index (χ4v) is 5.08. The van der Waals surface area contributed by atoms with Crippen molar-refractivity contribution in [3.63, 3.8) is 0 Å². The molecule has 2 aromatic carbocycles. The molecule has 47 heavy (non-hydrogen) atoms. The molecular formula is C32H46N10O5. The number of imidazole rings is 2. The summed E-state index contributed by atoms with van der Waals surface area (Å²) in [5, 5.41) is 5.22. The highest BCUT2D eigenvalue weighted by Crippen LogP contribution is 2.37. The van der Waals surface area contributed by atoms with Gasteiger partial charge in [-0.2, -0.15) is 0 Å². The van der Waals surface area contributed by atoms with E-state index in [-0.39, 0.29) is 32.6 Å². The third kappa shape index (κ3) is 8.36. The Kier molecular flexibility index (Phi) is 12.3. The lowest BCUT2D eigenvalue weighted by molar-refractivity contribution is 0.248. The van der Waals surface area contributed by atoms with Gasteiger partial charge in [-0.3, -0.25) is 9.80 Å². The minimum absolute atomic E-state index is 0. The van der Waals surface area contributed by atoms with Crippen molar-refractivity contribution >= 4 is 34.8 Å². The van der Waals surface area contributed by atoms with E-state index in [1.165, 1.54) is 4.90 Å². The van der Waals surface area contributed by atoms with Crippen LogP contribution < -0.4 is 45.4 Å². The molecule has 15 heteroatoms. The maximum Gasteiger partial charge on any atom is 0.323 e. The summed E-state index contributed by atoms with van der Waals surface area (Å²) in [5.41, 5.74) is 5.08. The molecule has 4 heterocycles. The van der Waals surface area contributed by atoms with Gasteiger partial charge in [0.05, 0.1) is 55.3 Å². The minimum Gasteiger partial charge on any atom is -0.490 e. The van der Waals surface area contributed by atoms with Gasteiger partial charge in [-0.15, -0.1) is 0 Å². The molecule has 4 aromatic rings. The lowest BCUT2D eigenvalue weighted by Gasteiger charge is -2.32. The molecule has 0 fully saturated rings. The van der Waals surface area contributed by atoms with Crippen LogP contribution in [0.25, 0.3) is 0 Å². The first kappa shape index (κ1) is 35.9. The third-order valence-corrected chi connectivity index (χ3v) is 7.54. The number of carbonyl (C=O) groups is 2. The van der Waals surface area contributed by atoms with Crippen LogP contribution in [0.5, 0.6) is 11.5 Å². The first-order chi connectivity index (χ1) is 21.8. The average molecular weight is 651 g/mol. The molecular weight excluding hydrogens is 604 g/mol. The van der Waals surface area contributed by atoms with Crippen LogP contribution in [0.1, 0.15) is 26.2 Å². The Hall–Kier alpha value is -5.60. The molecule has 0 aliphatic carbocycles. The van der Waals surface area contributed by atoms with Crippen molar-refractivity contribution < 1.29 is 19.1 Å². The van der Waals surface area contributed by atoms with Crippen molar-refractivity contribution in [3.8, 4) is 11.5 Å². The summed E-state index contributed by atoms with van der Waals surface area (Å²) in [6, 6.07) is 11.0. The molecule has 2 aliphatic rings. The monoisotopic (exact) mass is 650 g/mol. The quantitative estimate of drug-likeness (QED) is 0.211. The van der Waals surface area contributed by atoms with Crippen LogP contribution in [0.3, 0.4) is 0 Å². The van der Waals surface area contributed by atoms with Crippen molar-refractivity contribution in [2.45, 2.75) is 27.9 Å². The Bertz CT molecular complexity index is 1670. The molecule has 0 saturated heterocycles. The fraction of sp³-hybridized carbons (Fsp3) is 0.375. The predicted octanol–water partition coefficient (Wildman–Crippen LogP) is 3.73. The van der Waals surface area contributed by atoms with Gasteiger partial charge in [0.1, 0.15) is 24.7 Å². The number of H-pyrrole nitrogens is 3. The number of hydrogen-bond acceptors (Lipinski definition) is 8. The van der Waals surface area contributed by atoms with Gasteiger partial charge in [0.25, 0.3) is 0 Å². The lowest BCUT2D eigenvalue weighted by atomic mass is 10.2. The zero-order valence-electron chi connectivity index (χ0n) is 25.7. The van der Waals surface area contributed by atoms with E-state index in [0.717, 1.165) is 58.7 Å². The molecule has 254 valence electrons. The second-order valence-corrected chi connectivity index (χ2v) is 10.4. The number of hydrogen-bond donors (Lipinski definition) is 5. The largest absolute Gasteiger partial charge is 0.490 e. The van der Waals surface area contributed by atoms with Crippen molar-refractivity contribution in [1.82, 2.24) is 30.6 Å². The molecule has 0 radical (unpaired) electrons. The summed E-state index contributed by atoms with van der Waals surface area (Å²) in [7, 11) is 6.65. The van der Waals surface area contributed by atoms with Gasteiger partial charge in [0.2, 0.25) is 0 Å². The number of benzene rings is 2. The standard InChI is InChI=1S/C15H19N5O3.C15H19N5O2.2CH4/c1-16-15(22)19(2)11-3-4-13-12(7-11)20(5-6-23-13)9-10-8-17-14(21)18-10;1-16-15(21)19(2)12-3-4-14-13(7-12)20(5-6-22-14)9-11-8-17-10-18-11;;/h3-4,7-8H,5-6,9H2,1-2H3,(H,16,22)(H2,17,18,21);3-4,7-8,10H,5-6,9H2,1-2H3,(H,16,21)(H,17,18);2*1H4.